The van der Waals surface area contributed by atoms with Crippen molar-refractivity contribution in [3.8, 4) is 0 Å². The maximum atomic E-state index is 13.3. The standard InChI is InChI=1S/C12H16FNO2/c1-4-11(16-3)12(15)14-10-7-8(2)5-6-9(10)13/h5-7,11H,4H2,1-3H3,(H,14,15)/t11-/m1/s1. The van der Waals surface area contributed by atoms with E-state index in [0.717, 1.165) is 5.56 Å². The average molecular weight is 225 g/mol. The van der Waals surface area contributed by atoms with Gasteiger partial charge in [0.2, 0.25) is 0 Å². The number of rotatable bonds is 4. The van der Waals surface area contributed by atoms with Crippen molar-refractivity contribution in [3.63, 3.8) is 0 Å². The number of benzene rings is 1. The lowest BCUT2D eigenvalue weighted by atomic mass is 10.2. The van der Waals surface area contributed by atoms with E-state index in [0.29, 0.717) is 6.42 Å². The maximum Gasteiger partial charge on any atom is 0.253 e. The molecular weight excluding hydrogens is 209 g/mol. The predicted octanol–water partition coefficient (Wildman–Crippen LogP) is 2.50. The Balaban J connectivity index is 2.80. The molecule has 0 aromatic heterocycles. The second kappa shape index (κ2) is 5.61. The van der Waals surface area contributed by atoms with Gasteiger partial charge in [0.15, 0.2) is 0 Å². The SMILES string of the molecule is CC[C@@H](OC)C(=O)Nc1cc(C)ccc1F. The van der Waals surface area contributed by atoms with Gasteiger partial charge in [-0.25, -0.2) is 4.39 Å². The number of carbonyl (C=O) groups excluding carboxylic acids is 1. The molecule has 16 heavy (non-hydrogen) atoms. The van der Waals surface area contributed by atoms with Crippen molar-refractivity contribution in [2.45, 2.75) is 26.4 Å². The topological polar surface area (TPSA) is 38.3 Å². The first-order chi connectivity index (χ1) is 7.58. The molecule has 0 heterocycles. The summed E-state index contributed by atoms with van der Waals surface area (Å²) in [5.74, 6) is -0.764. The van der Waals surface area contributed by atoms with Gasteiger partial charge >= 0.3 is 0 Å². The number of methoxy groups -OCH3 is 1. The van der Waals surface area contributed by atoms with Crippen molar-refractivity contribution in [2.24, 2.45) is 0 Å². The van der Waals surface area contributed by atoms with Gasteiger partial charge in [-0.05, 0) is 31.0 Å². The zero-order chi connectivity index (χ0) is 12.1. The van der Waals surface area contributed by atoms with Crippen LogP contribution in [0.1, 0.15) is 18.9 Å². The predicted molar refractivity (Wildman–Crippen MR) is 60.9 cm³/mol. The van der Waals surface area contributed by atoms with E-state index in [-0.39, 0.29) is 11.6 Å². The second-order valence-corrected chi connectivity index (χ2v) is 3.61. The van der Waals surface area contributed by atoms with Crippen molar-refractivity contribution in [2.75, 3.05) is 12.4 Å². The summed E-state index contributed by atoms with van der Waals surface area (Å²) in [5, 5.41) is 2.51. The Hall–Kier alpha value is -1.42. The van der Waals surface area contributed by atoms with E-state index in [1.54, 1.807) is 12.1 Å². The highest BCUT2D eigenvalue weighted by Crippen LogP contribution is 2.16. The zero-order valence-electron chi connectivity index (χ0n) is 9.71. The molecule has 0 saturated carbocycles. The van der Waals surface area contributed by atoms with Gasteiger partial charge in [0.1, 0.15) is 11.9 Å². The first-order valence-corrected chi connectivity index (χ1v) is 5.18. The maximum absolute atomic E-state index is 13.3. The van der Waals surface area contributed by atoms with E-state index in [2.05, 4.69) is 5.32 Å². The van der Waals surface area contributed by atoms with Crippen LogP contribution in [-0.4, -0.2) is 19.1 Å². The van der Waals surface area contributed by atoms with E-state index >= 15 is 0 Å². The molecule has 88 valence electrons. The minimum atomic E-state index is -0.542. The molecule has 0 bridgehead atoms. The zero-order valence-corrected chi connectivity index (χ0v) is 9.71. The summed E-state index contributed by atoms with van der Waals surface area (Å²) in [6.45, 7) is 3.67. The van der Waals surface area contributed by atoms with Gasteiger partial charge in [-0.3, -0.25) is 4.79 Å². The summed E-state index contributed by atoms with van der Waals surface area (Å²) >= 11 is 0. The molecule has 0 unspecified atom stereocenters. The van der Waals surface area contributed by atoms with Crippen LogP contribution in [0.3, 0.4) is 0 Å². The molecule has 0 spiro atoms. The average Bonchev–Trinajstić information content (AvgIpc) is 2.25. The van der Waals surface area contributed by atoms with Crippen LogP contribution in [0.5, 0.6) is 0 Å². The molecule has 3 nitrogen and oxygen atoms in total. The molecule has 0 radical (unpaired) electrons. The number of carbonyl (C=O) groups is 1. The highest BCUT2D eigenvalue weighted by atomic mass is 19.1. The number of hydrogen-bond donors (Lipinski definition) is 1. The Morgan fingerprint density at radius 2 is 2.25 bits per heavy atom. The Bertz CT molecular complexity index is 375. The van der Waals surface area contributed by atoms with Crippen LogP contribution in [0.4, 0.5) is 10.1 Å². The number of aryl methyl sites for hydroxylation is 1. The van der Waals surface area contributed by atoms with Gasteiger partial charge in [-0.15, -0.1) is 0 Å². The lowest BCUT2D eigenvalue weighted by Crippen LogP contribution is -2.29. The summed E-state index contributed by atoms with van der Waals surface area (Å²) in [4.78, 5) is 11.6. The molecule has 1 atom stereocenters. The van der Waals surface area contributed by atoms with Crippen LogP contribution in [0, 0.1) is 12.7 Å². The Morgan fingerprint density at radius 3 is 2.81 bits per heavy atom. The fraction of sp³-hybridized carbons (Fsp3) is 0.417. The van der Waals surface area contributed by atoms with Crippen LogP contribution in [0.15, 0.2) is 18.2 Å². The lowest BCUT2D eigenvalue weighted by molar-refractivity contribution is -0.125. The van der Waals surface area contributed by atoms with E-state index < -0.39 is 11.9 Å². The molecular formula is C12H16FNO2. The third-order valence-electron chi connectivity index (χ3n) is 2.33. The molecule has 1 aromatic carbocycles. The number of ether oxygens (including phenoxy) is 1. The van der Waals surface area contributed by atoms with E-state index in [1.807, 2.05) is 13.8 Å². The monoisotopic (exact) mass is 225 g/mol. The summed E-state index contributed by atoms with van der Waals surface area (Å²) in [5.41, 5.74) is 1.09. The van der Waals surface area contributed by atoms with Crippen molar-refractivity contribution in [1.29, 1.82) is 0 Å². The number of hydrogen-bond acceptors (Lipinski definition) is 2. The molecule has 4 heteroatoms. The summed E-state index contributed by atoms with van der Waals surface area (Å²) < 4.78 is 18.3. The molecule has 0 aliphatic heterocycles. The van der Waals surface area contributed by atoms with Gasteiger partial charge in [0.25, 0.3) is 5.91 Å². The highest BCUT2D eigenvalue weighted by molar-refractivity contribution is 5.94. The molecule has 0 fully saturated rings. The third kappa shape index (κ3) is 3.03. The molecule has 1 rings (SSSR count). The Morgan fingerprint density at radius 1 is 1.56 bits per heavy atom. The van der Waals surface area contributed by atoms with Crippen molar-refractivity contribution < 1.29 is 13.9 Å². The summed E-state index contributed by atoms with van der Waals surface area (Å²) in [6, 6.07) is 4.58. The number of halogens is 1. The normalized spacial score (nSPS) is 12.2. The van der Waals surface area contributed by atoms with Crippen LogP contribution in [0.25, 0.3) is 0 Å². The quantitative estimate of drug-likeness (QED) is 0.855. The highest BCUT2D eigenvalue weighted by Gasteiger charge is 2.16. The van der Waals surface area contributed by atoms with E-state index in [9.17, 15) is 9.18 Å². The first kappa shape index (κ1) is 12.6. The molecule has 1 N–H and O–H groups in total. The smallest absolute Gasteiger partial charge is 0.253 e. The fourth-order valence-electron chi connectivity index (χ4n) is 1.41. The largest absolute Gasteiger partial charge is 0.372 e. The van der Waals surface area contributed by atoms with Gasteiger partial charge in [-0.1, -0.05) is 13.0 Å². The van der Waals surface area contributed by atoms with Crippen LogP contribution >= 0.6 is 0 Å². The van der Waals surface area contributed by atoms with Gasteiger partial charge in [0, 0.05) is 7.11 Å². The van der Waals surface area contributed by atoms with E-state index in [4.69, 9.17) is 4.74 Å². The molecule has 0 aliphatic carbocycles. The lowest BCUT2D eigenvalue weighted by Gasteiger charge is -2.13. The molecule has 1 amide bonds. The van der Waals surface area contributed by atoms with Gasteiger partial charge in [0.05, 0.1) is 5.69 Å². The first-order valence-electron chi connectivity index (χ1n) is 5.18. The van der Waals surface area contributed by atoms with Crippen LogP contribution in [0.2, 0.25) is 0 Å². The van der Waals surface area contributed by atoms with Crippen LogP contribution in [-0.2, 0) is 9.53 Å². The summed E-state index contributed by atoms with van der Waals surface area (Å²) in [6.07, 6.45) is 0.00961. The second-order valence-electron chi connectivity index (χ2n) is 3.61. The van der Waals surface area contributed by atoms with Gasteiger partial charge < -0.3 is 10.1 Å². The van der Waals surface area contributed by atoms with Crippen molar-refractivity contribution >= 4 is 11.6 Å². The minimum absolute atomic E-state index is 0.195. The Kier molecular flexibility index (Phi) is 4.43. The van der Waals surface area contributed by atoms with Crippen LogP contribution < -0.4 is 5.32 Å². The minimum Gasteiger partial charge on any atom is -0.372 e. The third-order valence-corrected chi connectivity index (χ3v) is 2.33. The molecule has 0 saturated heterocycles. The molecule has 0 aliphatic rings. The van der Waals surface area contributed by atoms with Gasteiger partial charge in [-0.2, -0.15) is 0 Å². The van der Waals surface area contributed by atoms with Crippen molar-refractivity contribution in [3.05, 3.63) is 29.6 Å². The van der Waals surface area contributed by atoms with E-state index in [1.165, 1.54) is 13.2 Å². The number of nitrogens with one attached hydrogen (secondary N) is 1. The van der Waals surface area contributed by atoms with Crippen molar-refractivity contribution in [1.82, 2.24) is 0 Å². The number of amides is 1. The number of anilines is 1. The Labute approximate surface area is 94.6 Å². The molecule has 1 aromatic rings. The summed E-state index contributed by atoms with van der Waals surface area (Å²) in [7, 11) is 1.46. The fourth-order valence-corrected chi connectivity index (χ4v) is 1.41.